The standard InChI is InChI=1S/C15H11F5O2/c1-21-12-6-8-13(9-7-12)22-15(19,20)14(17,18)10-2-4-11(16)5-3-10/h2-9H,1H3. The van der Waals surface area contributed by atoms with Crippen LogP contribution >= 0.6 is 0 Å². The minimum atomic E-state index is -4.81. The van der Waals surface area contributed by atoms with Crippen molar-refractivity contribution in [2.45, 2.75) is 12.0 Å². The Labute approximate surface area is 123 Å². The van der Waals surface area contributed by atoms with Crippen molar-refractivity contribution in [2.75, 3.05) is 7.11 Å². The van der Waals surface area contributed by atoms with E-state index in [0.29, 0.717) is 30.0 Å². The molecule has 0 fully saturated rings. The fraction of sp³-hybridized carbons (Fsp3) is 0.200. The molecule has 22 heavy (non-hydrogen) atoms. The summed E-state index contributed by atoms with van der Waals surface area (Å²) in [5.74, 6) is -5.52. The number of alkyl halides is 4. The van der Waals surface area contributed by atoms with Crippen LogP contribution in [0.15, 0.2) is 48.5 Å². The number of methoxy groups -OCH3 is 1. The summed E-state index contributed by atoms with van der Waals surface area (Å²) in [5, 5.41) is 0. The lowest BCUT2D eigenvalue weighted by molar-refractivity contribution is -0.316. The summed E-state index contributed by atoms with van der Waals surface area (Å²) in [6, 6.07) is 7.25. The lowest BCUT2D eigenvalue weighted by Gasteiger charge is -2.26. The van der Waals surface area contributed by atoms with Crippen molar-refractivity contribution in [1.29, 1.82) is 0 Å². The predicted octanol–water partition coefficient (Wildman–Crippen LogP) is 4.60. The third-order valence-corrected chi connectivity index (χ3v) is 2.88. The third kappa shape index (κ3) is 3.13. The normalized spacial score (nSPS) is 12.1. The molecule has 0 unspecified atom stereocenters. The monoisotopic (exact) mass is 318 g/mol. The number of ether oxygens (including phenoxy) is 2. The minimum Gasteiger partial charge on any atom is -0.497 e. The maximum Gasteiger partial charge on any atom is 0.469 e. The number of hydrogen-bond acceptors (Lipinski definition) is 2. The van der Waals surface area contributed by atoms with Crippen LogP contribution < -0.4 is 9.47 Å². The molecule has 2 aromatic rings. The molecule has 0 aliphatic carbocycles. The van der Waals surface area contributed by atoms with Crippen LogP contribution in [-0.4, -0.2) is 13.2 Å². The first kappa shape index (κ1) is 16.1. The van der Waals surface area contributed by atoms with E-state index in [-0.39, 0.29) is 0 Å². The van der Waals surface area contributed by atoms with Crippen LogP contribution in [0.2, 0.25) is 0 Å². The van der Waals surface area contributed by atoms with Crippen LogP contribution in [0.3, 0.4) is 0 Å². The molecule has 2 aromatic carbocycles. The zero-order chi connectivity index (χ0) is 16.4. The van der Waals surface area contributed by atoms with Gasteiger partial charge in [0.2, 0.25) is 0 Å². The minimum absolute atomic E-state index is 0.362. The maximum atomic E-state index is 13.9. The van der Waals surface area contributed by atoms with Crippen molar-refractivity contribution < 1.29 is 31.4 Å². The smallest absolute Gasteiger partial charge is 0.469 e. The van der Waals surface area contributed by atoms with Gasteiger partial charge in [-0.25, -0.2) is 4.39 Å². The zero-order valence-electron chi connectivity index (χ0n) is 11.3. The molecule has 0 heterocycles. The summed E-state index contributed by atoms with van der Waals surface area (Å²) in [6.07, 6.45) is -4.81. The number of benzene rings is 2. The Kier molecular flexibility index (Phi) is 4.25. The molecule has 0 aliphatic rings. The van der Waals surface area contributed by atoms with Crippen molar-refractivity contribution in [2.24, 2.45) is 0 Å². The molecule has 2 nitrogen and oxygen atoms in total. The van der Waals surface area contributed by atoms with Gasteiger partial charge in [0.05, 0.1) is 7.11 Å². The topological polar surface area (TPSA) is 18.5 Å². The van der Waals surface area contributed by atoms with Crippen LogP contribution in [0.5, 0.6) is 11.5 Å². The fourth-order valence-corrected chi connectivity index (χ4v) is 1.68. The molecule has 0 aliphatic heterocycles. The lowest BCUT2D eigenvalue weighted by Crippen LogP contribution is -2.43. The van der Waals surface area contributed by atoms with E-state index in [0.717, 1.165) is 12.1 Å². The molecule has 2 rings (SSSR count). The summed E-state index contributed by atoms with van der Waals surface area (Å²) < 4.78 is 76.9. The van der Waals surface area contributed by atoms with Gasteiger partial charge in [-0.3, -0.25) is 0 Å². The Hall–Kier alpha value is -2.31. The van der Waals surface area contributed by atoms with Crippen molar-refractivity contribution in [3.8, 4) is 11.5 Å². The van der Waals surface area contributed by atoms with E-state index in [9.17, 15) is 22.0 Å². The summed E-state index contributed by atoms with van der Waals surface area (Å²) in [6.45, 7) is 0. The molecule has 0 bridgehead atoms. The highest BCUT2D eigenvalue weighted by atomic mass is 19.3. The molecule has 0 N–H and O–H groups in total. The highest BCUT2D eigenvalue weighted by Crippen LogP contribution is 2.44. The van der Waals surface area contributed by atoms with Crippen LogP contribution in [0.4, 0.5) is 22.0 Å². The van der Waals surface area contributed by atoms with Gasteiger partial charge in [0, 0.05) is 5.56 Å². The molecular weight excluding hydrogens is 307 g/mol. The highest BCUT2D eigenvalue weighted by molar-refractivity contribution is 5.32. The van der Waals surface area contributed by atoms with E-state index in [4.69, 9.17) is 4.74 Å². The van der Waals surface area contributed by atoms with Gasteiger partial charge < -0.3 is 9.47 Å². The summed E-state index contributed by atoms with van der Waals surface area (Å²) in [4.78, 5) is 0. The van der Waals surface area contributed by atoms with Gasteiger partial charge in [-0.1, -0.05) is 0 Å². The second kappa shape index (κ2) is 5.82. The van der Waals surface area contributed by atoms with E-state index in [1.54, 1.807) is 0 Å². The van der Waals surface area contributed by atoms with Crippen LogP contribution in [0.25, 0.3) is 0 Å². The molecule has 0 aromatic heterocycles. The van der Waals surface area contributed by atoms with Crippen molar-refractivity contribution in [1.82, 2.24) is 0 Å². The molecular formula is C15H11F5O2. The molecule has 118 valence electrons. The molecule has 0 atom stereocenters. The number of hydrogen-bond donors (Lipinski definition) is 0. The van der Waals surface area contributed by atoms with E-state index in [1.807, 2.05) is 0 Å². The number of rotatable bonds is 5. The number of halogens is 5. The quantitative estimate of drug-likeness (QED) is 0.750. The van der Waals surface area contributed by atoms with E-state index < -0.39 is 29.2 Å². The van der Waals surface area contributed by atoms with E-state index in [1.165, 1.54) is 19.2 Å². The average molecular weight is 318 g/mol. The molecule has 0 saturated heterocycles. The molecule has 7 heteroatoms. The van der Waals surface area contributed by atoms with Gasteiger partial charge in [0.1, 0.15) is 17.3 Å². The zero-order valence-corrected chi connectivity index (χ0v) is 11.3. The van der Waals surface area contributed by atoms with Crippen LogP contribution in [-0.2, 0) is 5.92 Å². The van der Waals surface area contributed by atoms with Crippen molar-refractivity contribution in [3.63, 3.8) is 0 Å². The first-order chi connectivity index (χ1) is 10.3. The Balaban J connectivity index is 2.24. The molecule has 0 saturated carbocycles. The Bertz CT molecular complexity index is 623. The van der Waals surface area contributed by atoms with Crippen molar-refractivity contribution in [3.05, 3.63) is 59.9 Å². The predicted molar refractivity (Wildman–Crippen MR) is 68.9 cm³/mol. The SMILES string of the molecule is COc1ccc(OC(F)(F)C(F)(F)c2ccc(F)cc2)cc1. The van der Waals surface area contributed by atoms with Crippen LogP contribution in [0.1, 0.15) is 5.56 Å². The first-order valence-electron chi connectivity index (χ1n) is 6.11. The van der Waals surface area contributed by atoms with E-state index >= 15 is 0 Å². The first-order valence-corrected chi connectivity index (χ1v) is 6.11. The van der Waals surface area contributed by atoms with Gasteiger partial charge in [0.15, 0.2) is 0 Å². The lowest BCUT2D eigenvalue weighted by atomic mass is 10.1. The molecule has 0 spiro atoms. The summed E-state index contributed by atoms with van der Waals surface area (Å²) in [7, 11) is 1.37. The Morgan fingerprint density at radius 3 is 1.77 bits per heavy atom. The van der Waals surface area contributed by atoms with Crippen molar-refractivity contribution >= 4 is 0 Å². The molecule has 0 radical (unpaired) electrons. The maximum absolute atomic E-state index is 13.9. The fourth-order valence-electron chi connectivity index (χ4n) is 1.68. The second-order valence-electron chi connectivity index (χ2n) is 4.38. The van der Waals surface area contributed by atoms with Gasteiger partial charge in [-0.05, 0) is 48.5 Å². The van der Waals surface area contributed by atoms with Gasteiger partial charge in [-0.2, -0.15) is 17.6 Å². The highest BCUT2D eigenvalue weighted by Gasteiger charge is 2.60. The van der Waals surface area contributed by atoms with Gasteiger partial charge in [-0.15, -0.1) is 0 Å². The van der Waals surface area contributed by atoms with Gasteiger partial charge in [0.25, 0.3) is 0 Å². The Morgan fingerprint density at radius 1 is 0.773 bits per heavy atom. The summed E-state index contributed by atoms with van der Waals surface area (Å²) >= 11 is 0. The third-order valence-electron chi connectivity index (χ3n) is 2.88. The summed E-state index contributed by atoms with van der Waals surface area (Å²) in [5.41, 5.74) is -1.05. The largest absolute Gasteiger partial charge is 0.497 e. The van der Waals surface area contributed by atoms with E-state index in [2.05, 4.69) is 4.74 Å². The average Bonchev–Trinajstić information content (AvgIpc) is 2.48. The van der Waals surface area contributed by atoms with Crippen LogP contribution in [0, 0.1) is 5.82 Å². The molecule has 0 amide bonds. The second-order valence-corrected chi connectivity index (χ2v) is 4.38. The van der Waals surface area contributed by atoms with Gasteiger partial charge >= 0.3 is 12.0 Å². The Morgan fingerprint density at radius 2 is 1.27 bits per heavy atom.